The molecule has 0 radical (unpaired) electrons. The smallest absolute Gasteiger partial charge is 0.183 e. The van der Waals surface area contributed by atoms with E-state index in [0.29, 0.717) is 6.54 Å². The second-order valence-corrected chi connectivity index (χ2v) is 7.27. The van der Waals surface area contributed by atoms with Crippen molar-refractivity contribution < 1.29 is 4.79 Å². The second kappa shape index (κ2) is 5.19. The highest BCUT2D eigenvalue weighted by molar-refractivity contribution is 9.10. The molecule has 0 aliphatic heterocycles. The average Bonchev–Trinajstić information content (AvgIpc) is 2.93. The van der Waals surface area contributed by atoms with Gasteiger partial charge in [-0.2, -0.15) is 0 Å². The molecule has 0 unspecified atom stereocenters. The minimum Gasteiger partial charge on any atom is -0.340 e. The van der Waals surface area contributed by atoms with Crippen molar-refractivity contribution in [2.45, 2.75) is 20.4 Å². The summed E-state index contributed by atoms with van der Waals surface area (Å²) in [6.07, 6.45) is 1.98. The Balaban J connectivity index is 1.95. The Morgan fingerprint density at radius 3 is 2.75 bits per heavy atom. The van der Waals surface area contributed by atoms with Gasteiger partial charge in [-0.1, -0.05) is 22.0 Å². The lowest BCUT2D eigenvalue weighted by atomic mass is 10.1. The molecule has 0 atom stereocenters. The molecule has 1 aromatic carbocycles. The number of thiophene rings is 1. The lowest BCUT2D eigenvalue weighted by molar-refractivity contribution is 0.0973. The zero-order chi connectivity index (χ0) is 14.3. The van der Waals surface area contributed by atoms with Crippen LogP contribution in [0.4, 0.5) is 0 Å². The lowest BCUT2D eigenvalue weighted by Gasteiger charge is -2.05. The summed E-state index contributed by atoms with van der Waals surface area (Å²) in [5.74, 6) is 0.171. The van der Waals surface area contributed by atoms with Crippen molar-refractivity contribution in [1.29, 1.82) is 0 Å². The van der Waals surface area contributed by atoms with Crippen molar-refractivity contribution in [2.24, 2.45) is 0 Å². The van der Waals surface area contributed by atoms with Gasteiger partial charge in [-0.3, -0.25) is 4.79 Å². The minimum atomic E-state index is 0.171. The van der Waals surface area contributed by atoms with Crippen molar-refractivity contribution in [2.75, 3.05) is 0 Å². The van der Waals surface area contributed by atoms with Crippen molar-refractivity contribution in [3.63, 3.8) is 0 Å². The van der Waals surface area contributed by atoms with Crippen LogP contribution in [-0.2, 0) is 6.54 Å². The number of carbonyl (C=O) groups excluding carboxylic acids is 1. The van der Waals surface area contributed by atoms with Crippen LogP contribution in [0.15, 0.2) is 41.0 Å². The lowest BCUT2D eigenvalue weighted by Crippen LogP contribution is -2.09. The fraction of sp³-hybridized carbons (Fsp3) is 0.188. The van der Waals surface area contributed by atoms with Gasteiger partial charge >= 0.3 is 0 Å². The van der Waals surface area contributed by atoms with Crippen molar-refractivity contribution >= 4 is 44.0 Å². The highest BCUT2D eigenvalue weighted by Crippen LogP contribution is 2.24. The van der Waals surface area contributed by atoms with Crippen LogP contribution < -0.4 is 0 Å². The number of hydrogen-bond acceptors (Lipinski definition) is 2. The highest BCUT2D eigenvalue weighted by Gasteiger charge is 2.13. The van der Waals surface area contributed by atoms with Crippen LogP contribution in [0, 0.1) is 13.8 Å². The van der Waals surface area contributed by atoms with Crippen LogP contribution >= 0.6 is 27.3 Å². The maximum absolute atomic E-state index is 12.4. The highest BCUT2D eigenvalue weighted by atomic mass is 79.9. The number of nitrogens with zero attached hydrogens (tertiary/aromatic N) is 1. The first-order chi connectivity index (χ1) is 9.54. The molecule has 0 amide bonds. The fourth-order valence-corrected chi connectivity index (χ4v) is 3.73. The molecular weight excluding hydrogens is 334 g/mol. The van der Waals surface area contributed by atoms with E-state index in [0.717, 1.165) is 25.8 Å². The molecule has 2 aromatic heterocycles. The van der Waals surface area contributed by atoms with Gasteiger partial charge in [-0.25, -0.2) is 0 Å². The number of halogens is 1. The first kappa shape index (κ1) is 13.6. The predicted molar refractivity (Wildman–Crippen MR) is 87.8 cm³/mol. The second-order valence-electron chi connectivity index (χ2n) is 4.90. The quantitative estimate of drug-likeness (QED) is 0.613. The fourth-order valence-electron chi connectivity index (χ4n) is 2.44. The molecule has 0 saturated heterocycles. The van der Waals surface area contributed by atoms with Gasteiger partial charge in [0.15, 0.2) is 5.78 Å². The van der Waals surface area contributed by atoms with Crippen LogP contribution in [-0.4, -0.2) is 10.4 Å². The number of rotatable bonds is 3. The number of aromatic nitrogens is 1. The van der Waals surface area contributed by atoms with E-state index in [2.05, 4.69) is 22.0 Å². The summed E-state index contributed by atoms with van der Waals surface area (Å²) < 4.78 is 3.04. The summed E-state index contributed by atoms with van der Waals surface area (Å²) in [7, 11) is 0. The summed E-state index contributed by atoms with van der Waals surface area (Å²) >= 11 is 5.16. The summed E-state index contributed by atoms with van der Waals surface area (Å²) in [4.78, 5) is 14.7. The van der Waals surface area contributed by atoms with Crippen molar-refractivity contribution in [3.05, 3.63) is 56.3 Å². The Morgan fingerprint density at radius 1 is 1.25 bits per heavy atom. The molecule has 0 N–H and O–H groups in total. The molecule has 3 rings (SSSR count). The Morgan fingerprint density at radius 2 is 2.05 bits per heavy atom. The van der Waals surface area contributed by atoms with Crippen LogP contribution in [0.2, 0.25) is 0 Å². The number of aryl methyl sites for hydroxylation is 2. The number of fused-ring (bicyclic) bond motifs is 1. The van der Waals surface area contributed by atoms with E-state index in [1.165, 1.54) is 4.88 Å². The van der Waals surface area contributed by atoms with E-state index in [9.17, 15) is 4.79 Å². The first-order valence-electron chi connectivity index (χ1n) is 6.39. The number of ketones is 1. The van der Waals surface area contributed by atoms with Gasteiger partial charge in [0, 0.05) is 31.5 Å². The summed E-state index contributed by atoms with van der Waals surface area (Å²) in [6, 6.07) is 10.2. The molecule has 0 saturated carbocycles. The van der Waals surface area contributed by atoms with Crippen molar-refractivity contribution in [3.8, 4) is 0 Å². The van der Waals surface area contributed by atoms with E-state index >= 15 is 0 Å². The third-order valence-electron chi connectivity index (χ3n) is 3.39. The molecule has 4 heteroatoms. The molecule has 3 aromatic rings. The first-order valence-corrected chi connectivity index (χ1v) is 8.00. The summed E-state index contributed by atoms with van der Waals surface area (Å²) in [5.41, 5.74) is 1.93. The van der Waals surface area contributed by atoms with Gasteiger partial charge in [-0.15, -0.1) is 11.3 Å². The van der Waals surface area contributed by atoms with Gasteiger partial charge in [-0.05, 0) is 43.5 Å². The number of hydrogen-bond donors (Lipinski definition) is 0. The van der Waals surface area contributed by atoms with Crippen molar-refractivity contribution in [1.82, 2.24) is 4.57 Å². The molecule has 0 spiro atoms. The molecule has 20 heavy (non-hydrogen) atoms. The van der Waals surface area contributed by atoms with Crippen LogP contribution in [0.25, 0.3) is 10.9 Å². The minimum absolute atomic E-state index is 0.171. The number of carbonyl (C=O) groups is 1. The Kier molecular flexibility index (Phi) is 3.52. The SMILES string of the molecule is Cc1cc(C(=O)Cn2ccc3ccc(Br)cc32)c(C)s1. The standard InChI is InChI=1S/C16H14BrNOS/c1-10-7-14(11(2)20-10)16(19)9-18-6-5-12-3-4-13(17)8-15(12)18/h3-8H,9H2,1-2H3. The molecular formula is C16H14BrNOS. The zero-order valence-electron chi connectivity index (χ0n) is 11.3. The normalized spacial score (nSPS) is 11.2. The van der Waals surface area contributed by atoms with E-state index in [-0.39, 0.29) is 5.78 Å². The molecule has 0 fully saturated rings. The van der Waals surface area contributed by atoms with Gasteiger partial charge in [0.1, 0.15) is 0 Å². The largest absolute Gasteiger partial charge is 0.340 e. The van der Waals surface area contributed by atoms with E-state index in [1.54, 1.807) is 11.3 Å². The maximum atomic E-state index is 12.4. The predicted octanol–water partition coefficient (Wildman–Crippen LogP) is 4.97. The van der Waals surface area contributed by atoms with Crippen LogP contribution in [0.1, 0.15) is 20.1 Å². The molecule has 2 heterocycles. The third kappa shape index (κ3) is 2.45. The molecule has 2 nitrogen and oxygen atoms in total. The van der Waals surface area contributed by atoms with Gasteiger partial charge in [0.25, 0.3) is 0 Å². The summed E-state index contributed by atoms with van der Waals surface area (Å²) in [5, 5.41) is 1.15. The molecule has 0 bridgehead atoms. The van der Waals surface area contributed by atoms with Crippen LogP contribution in [0.5, 0.6) is 0 Å². The Labute approximate surface area is 130 Å². The van der Waals surface area contributed by atoms with E-state index in [4.69, 9.17) is 0 Å². The zero-order valence-corrected chi connectivity index (χ0v) is 13.7. The van der Waals surface area contributed by atoms with Gasteiger partial charge in [0.2, 0.25) is 0 Å². The van der Waals surface area contributed by atoms with Gasteiger partial charge < -0.3 is 4.57 Å². The average molecular weight is 348 g/mol. The number of benzene rings is 1. The maximum Gasteiger partial charge on any atom is 0.183 e. The van der Waals surface area contributed by atoms with Crippen LogP contribution in [0.3, 0.4) is 0 Å². The topological polar surface area (TPSA) is 22.0 Å². The summed E-state index contributed by atoms with van der Waals surface area (Å²) in [6.45, 7) is 4.43. The Bertz CT molecular complexity index is 800. The third-order valence-corrected chi connectivity index (χ3v) is 4.85. The monoisotopic (exact) mass is 347 g/mol. The van der Waals surface area contributed by atoms with Gasteiger partial charge in [0.05, 0.1) is 6.54 Å². The van der Waals surface area contributed by atoms with E-state index in [1.807, 2.05) is 48.9 Å². The van der Waals surface area contributed by atoms with E-state index < -0.39 is 0 Å². The Hall–Kier alpha value is -1.39. The molecule has 0 aliphatic rings. The molecule has 102 valence electrons. The molecule has 0 aliphatic carbocycles. The number of Topliss-reactive ketones (excluding diaryl/α,β-unsaturated/α-hetero) is 1.